The molecule has 1 aromatic heterocycles. The van der Waals surface area contributed by atoms with E-state index in [9.17, 15) is 14.0 Å². The molecule has 0 spiro atoms. The number of halogens is 1. The van der Waals surface area contributed by atoms with Gasteiger partial charge in [0.1, 0.15) is 24.2 Å². The van der Waals surface area contributed by atoms with Crippen molar-refractivity contribution in [1.82, 2.24) is 20.3 Å². The first kappa shape index (κ1) is 24.4. The summed E-state index contributed by atoms with van der Waals surface area (Å²) in [6.07, 6.45) is 0.857. The predicted octanol–water partition coefficient (Wildman–Crippen LogP) is 3.22. The van der Waals surface area contributed by atoms with Crippen LogP contribution in [-0.2, 0) is 38.8 Å². The number of aromatic nitrogens is 3. The molecule has 0 radical (unpaired) electrons. The van der Waals surface area contributed by atoms with E-state index in [2.05, 4.69) is 15.6 Å². The molecule has 0 bridgehead atoms. The minimum absolute atomic E-state index is 0.0331. The third-order valence-corrected chi connectivity index (χ3v) is 5.66. The minimum Gasteiger partial charge on any atom is -0.375 e. The number of hydrogen-bond donors (Lipinski definition) is 1. The van der Waals surface area contributed by atoms with Crippen LogP contribution in [0.1, 0.15) is 35.4 Å². The molecular formula is C26H27FN4O4. The highest BCUT2D eigenvalue weighted by Crippen LogP contribution is 2.35. The maximum absolute atomic E-state index is 13.5. The Balaban J connectivity index is 1.57. The van der Waals surface area contributed by atoms with E-state index in [4.69, 9.17) is 9.47 Å². The Morgan fingerprint density at radius 2 is 1.91 bits per heavy atom. The Morgan fingerprint density at radius 1 is 1.17 bits per heavy atom. The van der Waals surface area contributed by atoms with Gasteiger partial charge in [0.2, 0.25) is 0 Å². The zero-order valence-electron chi connectivity index (χ0n) is 19.7. The Morgan fingerprint density at radius 3 is 2.63 bits per heavy atom. The van der Waals surface area contributed by atoms with E-state index in [1.807, 2.05) is 38.1 Å². The predicted molar refractivity (Wildman–Crippen MR) is 126 cm³/mol. The van der Waals surface area contributed by atoms with Crippen LogP contribution in [0.5, 0.6) is 0 Å². The van der Waals surface area contributed by atoms with Gasteiger partial charge in [-0.25, -0.2) is 9.07 Å². The molecule has 2 heterocycles. The highest BCUT2D eigenvalue weighted by molar-refractivity contribution is 6.07. The standard InChI is InChI=1S/C26H27FN4O4/c1-3-34-15-21-13-31(30-29-21)14-23(32)22-16-35-25(19-8-10-20(27)11-9-19)24(22)26(33)28-12-18-6-4-17(2)5-7-18/h4-11,13,25H,3,12,14-16H2,1-2H3,(H,28,33). The summed E-state index contributed by atoms with van der Waals surface area (Å²) < 4.78 is 26.1. The molecule has 0 saturated carbocycles. The molecule has 1 aliphatic rings. The van der Waals surface area contributed by atoms with Crippen LogP contribution in [0.4, 0.5) is 4.39 Å². The van der Waals surface area contributed by atoms with Crippen molar-refractivity contribution in [2.75, 3.05) is 13.2 Å². The van der Waals surface area contributed by atoms with Crippen LogP contribution >= 0.6 is 0 Å². The molecule has 0 aliphatic carbocycles. The minimum atomic E-state index is -0.781. The van der Waals surface area contributed by atoms with Crippen LogP contribution < -0.4 is 5.32 Å². The van der Waals surface area contributed by atoms with Crippen molar-refractivity contribution in [3.63, 3.8) is 0 Å². The second kappa shape index (κ2) is 11.2. The first-order valence-electron chi connectivity index (χ1n) is 11.4. The lowest BCUT2D eigenvalue weighted by molar-refractivity contribution is -0.119. The van der Waals surface area contributed by atoms with Crippen molar-refractivity contribution in [3.05, 3.63) is 94.1 Å². The summed E-state index contributed by atoms with van der Waals surface area (Å²) in [5.74, 6) is -1.11. The smallest absolute Gasteiger partial charge is 0.250 e. The number of ketones is 1. The SMILES string of the molecule is CCOCc1cn(CC(=O)C2=C(C(=O)NCc3ccc(C)cc3)C(c3ccc(F)cc3)OC2)nn1. The fourth-order valence-corrected chi connectivity index (χ4v) is 3.79. The van der Waals surface area contributed by atoms with Crippen LogP contribution in [0.15, 0.2) is 65.9 Å². The van der Waals surface area contributed by atoms with E-state index < -0.39 is 17.8 Å². The van der Waals surface area contributed by atoms with Gasteiger partial charge in [-0.15, -0.1) is 5.10 Å². The van der Waals surface area contributed by atoms with Gasteiger partial charge in [-0.1, -0.05) is 47.2 Å². The molecule has 0 fully saturated rings. The molecule has 1 atom stereocenters. The van der Waals surface area contributed by atoms with Crippen molar-refractivity contribution in [1.29, 1.82) is 0 Å². The van der Waals surface area contributed by atoms with Crippen molar-refractivity contribution in [3.8, 4) is 0 Å². The first-order chi connectivity index (χ1) is 16.9. The lowest BCUT2D eigenvalue weighted by atomic mass is 9.96. The van der Waals surface area contributed by atoms with E-state index >= 15 is 0 Å². The average Bonchev–Trinajstić information content (AvgIpc) is 3.50. The summed E-state index contributed by atoms with van der Waals surface area (Å²) in [5, 5.41) is 10.9. The third-order valence-electron chi connectivity index (χ3n) is 5.66. The van der Waals surface area contributed by atoms with E-state index in [0.29, 0.717) is 31.0 Å². The zero-order chi connectivity index (χ0) is 24.8. The Bertz CT molecular complexity index is 1220. The number of carbonyl (C=O) groups is 2. The van der Waals surface area contributed by atoms with Gasteiger partial charge in [-0.05, 0) is 37.1 Å². The fraction of sp³-hybridized carbons (Fsp3) is 0.308. The summed E-state index contributed by atoms with van der Waals surface area (Å²) in [6.45, 7) is 4.88. The van der Waals surface area contributed by atoms with Crippen LogP contribution in [0.2, 0.25) is 0 Å². The van der Waals surface area contributed by atoms with Crippen molar-refractivity contribution in [2.45, 2.75) is 39.6 Å². The molecule has 1 N–H and O–H groups in total. The number of rotatable bonds is 10. The molecule has 182 valence electrons. The van der Waals surface area contributed by atoms with Crippen LogP contribution in [0.3, 0.4) is 0 Å². The maximum atomic E-state index is 13.5. The first-order valence-corrected chi connectivity index (χ1v) is 11.4. The highest BCUT2D eigenvalue weighted by Gasteiger charge is 2.35. The number of nitrogens with zero attached hydrogens (tertiary/aromatic N) is 3. The number of benzene rings is 2. The molecule has 8 nitrogen and oxygen atoms in total. The van der Waals surface area contributed by atoms with E-state index in [-0.39, 0.29) is 30.1 Å². The Labute approximate surface area is 202 Å². The summed E-state index contributed by atoms with van der Waals surface area (Å²) >= 11 is 0. The second-order valence-electron chi connectivity index (χ2n) is 8.27. The second-order valence-corrected chi connectivity index (χ2v) is 8.27. The molecule has 9 heteroatoms. The van der Waals surface area contributed by atoms with Crippen LogP contribution in [0, 0.1) is 12.7 Å². The topological polar surface area (TPSA) is 95.3 Å². The van der Waals surface area contributed by atoms with Gasteiger partial charge in [0.25, 0.3) is 5.91 Å². The normalized spacial score (nSPS) is 15.5. The van der Waals surface area contributed by atoms with Gasteiger partial charge in [0.05, 0.1) is 25.0 Å². The number of aryl methyl sites for hydroxylation is 1. The molecule has 4 rings (SSSR count). The summed E-state index contributed by atoms with van der Waals surface area (Å²) in [6, 6.07) is 13.5. The number of ether oxygens (including phenoxy) is 2. The third kappa shape index (κ3) is 6.06. The molecule has 3 aromatic rings. The summed E-state index contributed by atoms with van der Waals surface area (Å²) in [4.78, 5) is 26.5. The zero-order valence-corrected chi connectivity index (χ0v) is 19.7. The van der Waals surface area contributed by atoms with E-state index in [1.54, 1.807) is 18.3 Å². The Kier molecular flexibility index (Phi) is 7.79. The highest BCUT2D eigenvalue weighted by atomic mass is 19.1. The quantitative estimate of drug-likeness (QED) is 0.481. The Hall–Kier alpha value is -3.69. The van der Waals surface area contributed by atoms with E-state index in [1.165, 1.54) is 16.8 Å². The number of nitrogens with one attached hydrogen (secondary N) is 1. The molecule has 1 unspecified atom stereocenters. The molecule has 35 heavy (non-hydrogen) atoms. The van der Waals surface area contributed by atoms with Gasteiger partial charge in [0.15, 0.2) is 5.78 Å². The van der Waals surface area contributed by atoms with Crippen LogP contribution in [0.25, 0.3) is 0 Å². The lowest BCUT2D eigenvalue weighted by Gasteiger charge is -2.15. The number of amides is 1. The molecule has 0 saturated heterocycles. The monoisotopic (exact) mass is 478 g/mol. The molecule has 1 aliphatic heterocycles. The van der Waals surface area contributed by atoms with Gasteiger partial charge < -0.3 is 14.8 Å². The molecule has 1 amide bonds. The van der Waals surface area contributed by atoms with Crippen molar-refractivity contribution < 1.29 is 23.5 Å². The fourth-order valence-electron chi connectivity index (χ4n) is 3.79. The maximum Gasteiger partial charge on any atom is 0.250 e. The van der Waals surface area contributed by atoms with Gasteiger partial charge in [-0.3, -0.25) is 9.59 Å². The number of Topliss-reactive ketones (excluding diaryl/α,β-unsaturated/α-hetero) is 1. The summed E-state index contributed by atoms with van der Waals surface area (Å²) in [5.41, 5.74) is 3.74. The van der Waals surface area contributed by atoms with Crippen molar-refractivity contribution in [2.24, 2.45) is 0 Å². The lowest BCUT2D eigenvalue weighted by Crippen LogP contribution is -2.28. The summed E-state index contributed by atoms with van der Waals surface area (Å²) in [7, 11) is 0. The molecule has 2 aromatic carbocycles. The van der Waals surface area contributed by atoms with Crippen molar-refractivity contribution >= 4 is 11.7 Å². The largest absolute Gasteiger partial charge is 0.375 e. The van der Waals surface area contributed by atoms with Gasteiger partial charge in [0, 0.05) is 18.7 Å². The van der Waals surface area contributed by atoms with Crippen LogP contribution in [-0.4, -0.2) is 39.9 Å². The number of carbonyl (C=O) groups excluding carboxylic acids is 2. The molecular weight excluding hydrogens is 451 g/mol. The van der Waals surface area contributed by atoms with Gasteiger partial charge >= 0.3 is 0 Å². The van der Waals surface area contributed by atoms with Gasteiger partial charge in [-0.2, -0.15) is 0 Å². The average molecular weight is 479 g/mol. The number of hydrogen-bond acceptors (Lipinski definition) is 6. The van der Waals surface area contributed by atoms with E-state index in [0.717, 1.165) is 11.1 Å².